The second-order valence-corrected chi connectivity index (χ2v) is 7.54. The lowest BCUT2D eigenvalue weighted by molar-refractivity contribution is 0.102. The van der Waals surface area contributed by atoms with Crippen molar-refractivity contribution >= 4 is 39.8 Å². The Morgan fingerprint density at radius 2 is 2.00 bits per heavy atom. The van der Waals surface area contributed by atoms with Crippen LogP contribution in [-0.2, 0) is 5.41 Å². The van der Waals surface area contributed by atoms with Crippen LogP contribution in [0.5, 0.6) is 0 Å². The zero-order valence-corrected chi connectivity index (χ0v) is 15.3. The molecule has 1 aliphatic rings. The van der Waals surface area contributed by atoms with Crippen LogP contribution in [0.2, 0.25) is 5.02 Å². The van der Waals surface area contributed by atoms with E-state index in [2.05, 4.69) is 37.9 Å². The molecule has 1 aliphatic carbocycles. The van der Waals surface area contributed by atoms with Gasteiger partial charge in [0.2, 0.25) is 5.13 Å². The molecular formula is C18H16ClN5OS. The number of halogens is 1. The second-order valence-electron chi connectivity index (χ2n) is 6.27. The van der Waals surface area contributed by atoms with E-state index in [1.807, 2.05) is 18.2 Å². The number of nitrogens with one attached hydrogen (secondary N) is 2. The molecule has 1 amide bonds. The molecule has 0 atom stereocenters. The highest BCUT2D eigenvalue weighted by Crippen LogP contribution is 2.48. The van der Waals surface area contributed by atoms with Crippen molar-refractivity contribution in [1.82, 2.24) is 15.2 Å². The van der Waals surface area contributed by atoms with Gasteiger partial charge in [0.15, 0.2) is 0 Å². The van der Waals surface area contributed by atoms with Gasteiger partial charge in [0.05, 0.1) is 5.56 Å². The number of rotatable bonds is 6. The molecule has 26 heavy (non-hydrogen) atoms. The minimum absolute atomic E-state index is 0.153. The summed E-state index contributed by atoms with van der Waals surface area (Å²) in [6, 6.07) is 11.6. The van der Waals surface area contributed by atoms with Crippen molar-refractivity contribution in [1.29, 1.82) is 0 Å². The Bertz CT molecular complexity index is 892. The van der Waals surface area contributed by atoms with E-state index in [0.29, 0.717) is 10.7 Å². The summed E-state index contributed by atoms with van der Waals surface area (Å²) < 4.78 is 0. The van der Waals surface area contributed by atoms with Gasteiger partial charge >= 0.3 is 0 Å². The largest absolute Gasteiger partial charge is 0.369 e. The Morgan fingerprint density at radius 1 is 1.19 bits per heavy atom. The van der Waals surface area contributed by atoms with Gasteiger partial charge in [0.1, 0.15) is 11.3 Å². The van der Waals surface area contributed by atoms with Crippen LogP contribution in [0, 0.1) is 0 Å². The lowest BCUT2D eigenvalue weighted by Gasteiger charge is -2.17. The van der Waals surface area contributed by atoms with Crippen LogP contribution in [0.15, 0.2) is 48.1 Å². The number of anilines is 2. The highest BCUT2D eigenvalue weighted by Gasteiger charge is 2.43. The first-order valence-corrected chi connectivity index (χ1v) is 9.44. The Balaban J connectivity index is 1.37. The number of aromatic nitrogens is 3. The van der Waals surface area contributed by atoms with Crippen molar-refractivity contribution in [2.24, 2.45) is 0 Å². The molecule has 1 aromatic carbocycles. The van der Waals surface area contributed by atoms with Crippen molar-refractivity contribution in [3.8, 4) is 0 Å². The molecule has 3 aromatic rings. The van der Waals surface area contributed by atoms with Crippen LogP contribution in [0.4, 0.5) is 10.9 Å². The van der Waals surface area contributed by atoms with Gasteiger partial charge in [-0.25, -0.2) is 4.98 Å². The molecular weight excluding hydrogens is 370 g/mol. The summed E-state index contributed by atoms with van der Waals surface area (Å²) >= 11 is 7.25. The standard InChI is InChI=1S/C18H16ClN5OS/c19-14-4-2-13(3-5-14)18(7-8-18)10-21-15-6-1-12(9-20-15)16(25)23-17-24-22-11-26-17/h1-6,9,11H,7-8,10H2,(H,20,21)(H,23,24,25). The number of amides is 1. The van der Waals surface area contributed by atoms with Crippen LogP contribution >= 0.6 is 22.9 Å². The quantitative estimate of drug-likeness (QED) is 0.670. The van der Waals surface area contributed by atoms with Gasteiger partial charge in [-0.2, -0.15) is 0 Å². The first-order chi connectivity index (χ1) is 12.6. The van der Waals surface area contributed by atoms with E-state index in [1.165, 1.54) is 16.9 Å². The number of carbonyl (C=O) groups excluding carboxylic acids is 1. The molecule has 2 aromatic heterocycles. The van der Waals surface area contributed by atoms with Crippen LogP contribution in [-0.4, -0.2) is 27.6 Å². The Labute approximate surface area is 159 Å². The minimum atomic E-state index is -0.249. The average molecular weight is 386 g/mol. The van der Waals surface area contributed by atoms with Gasteiger partial charge in [0, 0.05) is 23.2 Å². The number of pyridine rings is 1. The maximum absolute atomic E-state index is 12.1. The summed E-state index contributed by atoms with van der Waals surface area (Å²) in [5.41, 5.74) is 3.49. The predicted molar refractivity (Wildman–Crippen MR) is 103 cm³/mol. The number of benzene rings is 1. The molecule has 6 nitrogen and oxygen atoms in total. The smallest absolute Gasteiger partial charge is 0.259 e. The summed E-state index contributed by atoms with van der Waals surface area (Å²) in [6.07, 6.45) is 3.84. The number of carbonyl (C=O) groups is 1. The van der Waals surface area contributed by atoms with E-state index in [1.54, 1.807) is 17.8 Å². The molecule has 0 spiro atoms. The lowest BCUT2D eigenvalue weighted by Crippen LogP contribution is -2.20. The fourth-order valence-corrected chi connectivity index (χ4v) is 3.38. The van der Waals surface area contributed by atoms with E-state index in [0.717, 1.165) is 30.2 Å². The topological polar surface area (TPSA) is 79.8 Å². The summed E-state index contributed by atoms with van der Waals surface area (Å²) in [6.45, 7) is 0.804. The molecule has 0 bridgehead atoms. The third kappa shape index (κ3) is 3.68. The molecule has 1 fully saturated rings. The van der Waals surface area contributed by atoms with Crippen LogP contribution < -0.4 is 10.6 Å². The number of nitrogens with zero attached hydrogens (tertiary/aromatic N) is 3. The third-order valence-corrected chi connectivity index (χ3v) is 5.38. The van der Waals surface area contributed by atoms with Gasteiger partial charge in [-0.1, -0.05) is 35.1 Å². The van der Waals surface area contributed by atoms with Crippen molar-refractivity contribution in [3.63, 3.8) is 0 Å². The van der Waals surface area contributed by atoms with Crippen molar-refractivity contribution in [3.05, 3.63) is 64.3 Å². The Hall–Kier alpha value is -2.51. The van der Waals surface area contributed by atoms with E-state index in [4.69, 9.17) is 11.6 Å². The average Bonchev–Trinajstić information content (AvgIpc) is 3.28. The van der Waals surface area contributed by atoms with E-state index >= 15 is 0 Å². The summed E-state index contributed by atoms with van der Waals surface area (Å²) in [4.78, 5) is 16.5. The molecule has 0 radical (unpaired) electrons. The van der Waals surface area contributed by atoms with Gasteiger partial charge in [-0.3, -0.25) is 10.1 Å². The summed E-state index contributed by atoms with van der Waals surface area (Å²) in [7, 11) is 0. The monoisotopic (exact) mass is 385 g/mol. The molecule has 0 aliphatic heterocycles. The van der Waals surface area contributed by atoms with Crippen LogP contribution in [0.25, 0.3) is 0 Å². The SMILES string of the molecule is O=C(Nc1nncs1)c1ccc(NCC2(c3ccc(Cl)cc3)CC2)nc1. The summed E-state index contributed by atoms with van der Waals surface area (Å²) in [5, 5.41) is 14.8. The van der Waals surface area contributed by atoms with E-state index in [-0.39, 0.29) is 11.3 Å². The highest BCUT2D eigenvalue weighted by atomic mass is 35.5. The maximum atomic E-state index is 12.1. The Morgan fingerprint density at radius 3 is 2.62 bits per heavy atom. The van der Waals surface area contributed by atoms with Crippen molar-refractivity contribution < 1.29 is 4.79 Å². The van der Waals surface area contributed by atoms with Gasteiger partial charge in [-0.05, 0) is 42.7 Å². The third-order valence-electron chi connectivity index (χ3n) is 4.52. The van der Waals surface area contributed by atoms with Crippen molar-refractivity contribution in [2.75, 3.05) is 17.2 Å². The zero-order chi connectivity index (χ0) is 18.0. The van der Waals surface area contributed by atoms with Crippen LogP contribution in [0.3, 0.4) is 0 Å². The lowest BCUT2D eigenvalue weighted by atomic mass is 9.96. The molecule has 2 heterocycles. The molecule has 1 saturated carbocycles. The number of hydrogen-bond acceptors (Lipinski definition) is 6. The minimum Gasteiger partial charge on any atom is -0.369 e. The van der Waals surface area contributed by atoms with Gasteiger partial charge < -0.3 is 5.32 Å². The van der Waals surface area contributed by atoms with E-state index in [9.17, 15) is 4.79 Å². The first kappa shape index (κ1) is 16.9. The maximum Gasteiger partial charge on any atom is 0.259 e. The fourth-order valence-electron chi connectivity index (χ4n) is 2.81. The van der Waals surface area contributed by atoms with Gasteiger partial charge in [-0.15, -0.1) is 10.2 Å². The normalized spacial score (nSPS) is 14.7. The molecule has 4 rings (SSSR count). The zero-order valence-electron chi connectivity index (χ0n) is 13.8. The molecule has 132 valence electrons. The molecule has 0 unspecified atom stereocenters. The summed E-state index contributed by atoms with van der Waals surface area (Å²) in [5.74, 6) is 0.498. The highest BCUT2D eigenvalue weighted by molar-refractivity contribution is 7.13. The van der Waals surface area contributed by atoms with Crippen LogP contribution in [0.1, 0.15) is 28.8 Å². The first-order valence-electron chi connectivity index (χ1n) is 8.18. The fraction of sp³-hybridized carbons (Fsp3) is 0.222. The van der Waals surface area contributed by atoms with Crippen molar-refractivity contribution in [2.45, 2.75) is 18.3 Å². The second kappa shape index (κ2) is 7.01. The molecule has 8 heteroatoms. The van der Waals surface area contributed by atoms with Gasteiger partial charge in [0.25, 0.3) is 5.91 Å². The molecule has 0 saturated heterocycles. The molecule has 2 N–H and O–H groups in total. The Kier molecular flexibility index (Phi) is 4.57. The predicted octanol–water partition coefficient (Wildman–Crippen LogP) is 3.98. The number of hydrogen-bond donors (Lipinski definition) is 2. The van der Waals surface area contributed by atoms with E-state index < -0.39 is 0 Å².